The maximum absolute atomic E-state index is 12.9. The van der Waals surface area contributed by atoms with Crippen LogP contribution in [0.3, 0.4) is 0 Å². The van der Waals surface area contributed by atoms with Crippen LogP contribution in [0, 0.1) is 0 Å². The lowest BCUT2D eigenvalue weighted by Crippen LogP contribution is -2.30. The third-order valence-electron chi connectivity index (χ3n) is 15.5. The molecule has 0 N–H and O–H groups in total. The van der Waals surface area contributed by atoms with Gasteiger partial charge in [-0.2, -0.15) is 0 Å². The van der Waals surface area contributed by atoms with E-state index in [-0.39, 0.29) is 31.1 Å². The van der Waals surface area contributed by atoms with Gasteiger partial charge >= 0.3 is 17.9 Å². The Balaban J connectivity index is 4.08. The van der Waals surface area contributed by atoms with E-state index in [0.717, 1.165) is 89.9 Å². The summed E-state index contributed by atoms with van der Waals surface area (Å²) >= 11 is 0. The van der Waals surface area contributed by atoms with Gasteiger partial charge in [0, 0.05) is 19.3 Å². The molecule has 6 heteroatoms. The molecule has 0 saturated carbocycles. The van der Waals surface area contributed by atoms with Crippen molar-refractivity contribution in [2.24, 2.45) is 0 Å². The van der Waals surface area contributed by atoms with Gasteiger partial charge in [-0.1, -0.05) is 332 Å². The van der Waals surface area contributed by atoms with Gasteiger partial charge in [0.25, 0.3) is 0 Å². The quantitative estimate of drug-likeness (QED) is 0.0261. The van der Waals surface area contributed by atoms with E-state index in [1.165, 1.54) is 238 Å². The van der Waals surface area contributed by atoms with Crippen LogP contribution in [0.15, 0.2) is 60.8 Å². The Morgan fingerprint density at radius 1 is 0.266 bits per heavy atom. The fourth-order valence-corrected chi connectivity index (χ4v) is 10.3. The predicted octanol–water partition coefficient (Wildman–Crippen LogP) is 23.9. The highest BCUT2D eigenvalue weighted by molar-refractivity contribution is 5.71. The summed E-state index contributed by atoms with van der Waals surface area (Å²) in [6.07, 6.45) is 86.9. The second kappa shape index (κ2) is 67.6. The van der Waals surface area contributed by atoms with Crippen molar-refractivity contribution >= 4 is 17.9 Å². The van der Waals surface area contributed by atoms with Crippen molar-refractivity contribution in [3.8, 4) is 0 Å². The third kappa shape index (κ3) is 65.8. The summed E-state index contributed by atoms with van der Waals surface area (Å²) in [5.74, 6) is -0.856. The summed E-state index contributed by atoms with van der Waals surface area (Å²) in [4.78, 5) is 38.3. The van der Waals surface area contributed by atoms with Crippen LogP contribution in [0.4, 0.5) is 0 Å². The van der Waals surface area contributed by atoms with E-state index in [9.17, 15) is 14.4 Å². The molecule has 0 amide bonds. The lowest BCUT2D eigenvalue weighted by molar-refractivity contribution is -0.167. The van der Waals surface area contributed by atoms with Crippen molar-refractivity contribution in [1.29, 1.82) is 0 Å². The van der Waals surface area contributed by atoms with Crippen molar-refractivity contribution < 1.29 is 28.6 Å². The van der Waals surface area contributed by atoms with Crippen molar-refractivity contribution in [1.82, 2.24) is 0 Å². The monoisotopic (exact) mass is 1110 g/mol. The van der Waals surface area contributed by atoms with Crippen LogP contribution in [0.25, 0.3) is 0 Å². The molecule has 460 valence electrons. The lowest BCUT2D eigenvalue weighted by Gasteiger charge is -2.18. The molecule has 0 aliphatic rings. The molecule has 0 fully saturated rings. The van der Waals surface area contributed by atoms with Gasteiger partial charge in [-0.15, -0.1) is 0 Å². The lowest BCUT2D eigenvalue weighted by atomic mass is 10.0. The molecule has 1 atom stereocenters. The zero-order valence-electron chi connectivity index (χ0n) is 52.9. The zero-order valence-corrected chi connectivity index (χ0v) is 52.9. The van der Waals surface area contributed by atoms with Gasteiger partial charge in [0.2, 0.25) is 0 Å². The van der Waals surface area contributed by atoms with E-state index in [0.29, 0.717) is 19.3 Å². The maximum atomic E-state index is 12.9. The van der Waals surface area contributed by atoms with Crippen molar-refractivity contribution in [2.75, 3.05) is 13.2 Å². The Bertz CT molecular complexity index is 1410. The van der Waals surface area contributed by atoms with Gasteiger partial charge in [0.05, 0.1) is 0 Å². The van der Waals surface area contributed by atoms with Crippen LogP contribution in [-0.4, -0.2) is 37.2 Å². The van der Waals surface area contributed by atoms with Crippen molar-refractivity contribution in [2.45, 2.75) is 374 Å². The number of allylic oxidation sites excluding steroid dienone is 10. The number of rotatable bonds is 64. The highest BCUT2D eigenvalue weighted by atomic mass is 16.6. The van der Waals surface area contributed by atoms with Gasteiger partial charge in [-0.25, -0.2) is 0 Å². The minimum Gasteiger partial charge on any atom is -0.462 e. The van der Waals surface area contributed by atoms with Gasteiger partial charge in [0.15, 0.2) is 6.10 Å². The summed E-state index contributed by atoms with van der Waals surface area (Å²) in [7, 11) is 0. The molecule has 0 bridgehead atoms. The number of hydrogen-bond donors (Lipinski definition) is 0. The molecule has 0 heterocycles. The molecule has 0 aromatic carbocycles. The van der Waals surface area contributed by atoms with Crippen LogP contribution in [0.1, 0.15) is 367 Å². The second-order valence-electron chi connectivity index (χ2n) is 23.4. The summed E-state index contributed by atoms with van der Waals surface area (Å²) < 4.78 is 16.9. The molecule has 0 saturated heterocycles. The van der Waals surface area contributed by atoms with Crippen LogP contribution in [0.2, 0.25) is 0 Å². The summed E-state index contributed by atoms with van der Waals surface area (Å²) in [6, 6.07) is 0. The highest BCUT2D eigenvalue weighted by Gasteiger charge is 2.19. The highest BCUT2D eigenvalue weighted by Crippen LogP contribution is 2.18. The molecule has 79 heavy (non-hydrogen) atoms. The van der Waals surface area contributed by atoms with E-state index < -0.39 is 6.10 Å². The van der Waals surface area contributed by atoms with Crippen molar-refractivity contribution in [3.05, 3.63) is 60.8 Å². The Morgan fingerprint density at radius 2 is 0.506 bits per heavy atom. The molecule has 0 aromatic heterocycles. The Hall–Kier alpha value is -2.89. The summed E-state index contributed by atoms with van der Waals surface area (Å²) in [6.45, 7) is 6.54. The van der Waals surface area contributed by atoms with Crippen LogP contribution < -0.4 is 0 Å². The van der Waals surface area contributed by atoms with E-state index >= 15 is 0 Å². The molecule has 0 aliphatic heterocycles. The Morgan fingerprint density at radius 3 is 0.823 bits per heavy atom. The summed E-state index contributed by atoms with van der Waals surface area (Å²) in [5.41, 5.74) is 0. The Labute approximate surface area is 491 Å². The van der Waals surface area contributed by atoms with Crippen molar-refractivity contribution in [3.63, 3.8) is 0 Å². The molecule has 0 rings (SSSR count). The standard InChI is InChI=1S/C73H132O6/c1-4-7-10-13-16-19-22-24-26-28-29-30-31-32-33-34-35-36-37-38-39-40-41-42-43-45-46-48-51-54-57-60-63-66-72(75)78-69-70(68-77-71(74)65-62-59-56-53-50-21-18-15-12-9-6-3)79-73(76)67-64-61-58-55-52-49-47-44-27-25-23-20-17-14-11-8-5-2/h7,10,15-16,18-19,24,26,29-30,70H,4-6,8-9,11-14,17,20-23,25,27-28,31-69H2,1-3H3/b10-7-,18-15-,19-16-,26-24-,30-29-. The fraction of sp³-hybridized carbons (Fsp3) is 0.822. The smallest absolute Gasteiger partial charge is 0.306 e. The number of carbonyl (C=O) groups is 3. The second-order valence-corrected chi connectivity index (χ2v) is 23.4. The first-order valence-electron chi connectivity index (χ1n) is 34.8. The predicted molar refractivity (Wildman–Crippen MR) is 344 cm³/mol. The number of carbonyl (C=O) groups excluding carboxylic acids is 3. The van der Waals surface area contributed by atoms with Gasteiger partial charge in [-0.05, 0) is 77.0 Å². The van der Waals surface area contributed by atoms with Crippen LogP contribution in [-0.2, 0) is 28.6 Å². The summed E-state index contributed by atoms with van der Waals surface area (Å²) in [5, 5.41) is 0. The first-order valence-corrected chi connectivity index (χ1v) is 34.8. The molecular weight excluding hydrogens is 973 g/mol. The van der Waals surface area contributed by atoms with E-state index in [4.69, 9.17) is 14.2 Å². The molecular formula is C73H132O6. The first-order chi connectivity index (χ1) is 39.0. The first kappa shape index (κ1) is 76.1. The molecule has 0 aliphatic carbocycles. The topological polar surface area (TPSA) is 78.9 Å². The maximum Gasteiger partial charge on any atom is 0.306 e. The number of hydrogen-bond acceptors (Lipinski definition) is 6. The average molecular weight is 1110 g/mol. The normalized spacial score (nSPS) is 12.4. The molecule has 0 radical (unpaired) electrons. The van der Waals surface area contributed by atoms with Gasteiger partial charge in [-0.3, -0.25) is 14.4 Å². The minimum absolute atomic E-state index is 0.0703. The van der Waals surface area contributed by atoms with E-state index in [1.807, 2.05) is 0 Å². The Kier molecular flexibility index (Phi) is 65.1. The SMILES string of the molecule is CC/C=C\C/C=C\C/C=C\C/C=C\CCCCCCCCCCCCCCCCCCCCCCC(=O)OCC(COC(=O)CCCCCCC/C=C\CCCC)OC(=O)CCCCCCCCCCCCCCCCCCC. The molecule has 0 spiro atoms. The molecule has 1 unspecified atom stereocenters. The number of esters is 3. The molecule has 6 nitrogen and oxygen atoms in total. The van der Waals surface area contributed by atoms with Crippen LogP contribution >= 0.6 is 0 Å². The van der Waals surface area contributed by atoms with E-state index in [2.05, 4.69) is 81.5 Å². The average Bonchev–Trinajstić information content (AvgIpc) is 3.45. The fourth-order valence-electron chi connectivity index (χ4n) is 10.3. The van der Waals surface area contributed by atoms with Crippen LogP contribution in [0.5, 0.6) is 0 Å². The van der Waals surface area contributed by atoms with E-state index in [1.54, 1.807) is 0 Å². The largest absolute Gasteiger partial charge is 0.462 e. The molecule has 0 aromatic rings. The number of unbranched alkanes of at least 4 members (excludes halogenated alkanes) is 43. The minimum atomic E-state index is -0.773. The van der Waals surface area contributed by atoms with Gasteiger partial charge in [0.1, 0.15) is 13.2 Å². The zero-order chi connectivity index (χ0) is 57.1. The number of ether oxygens (including phenoxy) is 3. The van der Waals surface area contributed by atoms with Gasteiger partial charge < -0.3 is 14.2 Å². The third-order valence-corrected chi connectivity index (χ3v) is 15.5.